The molecule has 0 fully saturated rings. The summed E-state index contributed by atoms with van der Waals surface area (Å²) in [7, 11) is 6.08. The Morgan fingerprint density at radius 2 is 1.25 bits per heavy atom. The zero-order valence-electron chi connectivity index (χ0n) is 24.2. The van der Waals surface area contributed by atoms with Gasteiger partial charge in [-0.1, -0.05) is 41.5 Å². The Bertz CT molecular complexity index is 1170. The third-order valence-corrected chi connectivity index (χ3v) is 8.51. The number of fused-ring (bicyclic) bond motifs is 3. The molecule has 0 saturated carbocycles. The van der Waals surface area contributed by atoms with E-state index in [1.807, 2.05) is 7.05 Å². The summed E-state index contributed by atoms with van der Waals surface area (Å²) in [6.45, 7) is 17.6. The van der Waals surface area contributed by atoms with Gasteiger partial charge in [0.15, 0.2) is 0 Å². The molecule has 7 heteroatoms. The minimum absolute atomic E-state index is 0.166. The van der Waals surface area contributed by atoms with Gasteiger partial charge in [-0.15, -0.1) is 0 Å². The van der Waals surface area contributed by atoms with Crippen molar-refractivity contribution < 1.29 is 17.9 Å². The summed E-state index contributed by atoms with van der Waals surface area (Å²) in [6.07, 6.45) is 0.974. The zero-order valence-corrected chi connectivity index (χ0v) is 25.1. The lowest BCUT2D eigenvalue weighted by Gasteiger charge is -2.25. The van der Waals surface area contributed by atoms with Crippen LogP contribution in [0.2, 0.25) is 0 Å². The van der Waals surface area contributed by atoms with Crippen molar-refractivity contribution in [3.63, 3.8) is 0 Å². The standard InChI is InChI=1S/C29H45N2O4P/c1-18(30-9)13-19(2)31(10)36-34-26-22(14-20(32-11)16-24(26)28(3,4)5)23-15-21(33-12)17-25(27(23)35-36)29(6,7)8/h14-19,30H,13H2,1-12H3/t18-,19+/m0/s1. The minimum Gasteiger partial charge on any atom is -0.497 e. The minimum atomic E-state index is -1.44. The van der Waals surface area contributed by atoms with Crippen molar-refractivity contribution >= 4 is 30.1 Å². The van der Waals surface area contributed by atoms with Crippen LogP contribution >= 0.6 is 8.16 Å². The smallest absolute Gasteiger partial charge is 0.309 e. The molecule has 2 aromatic carbocycles. The van der Waals surface area contributed by atoms with Crippen molar-refractivity contribution in [2.24, 2.45) is 0 Å². The monoisotopic (exact) mass is 516 g/mol. The van der Waals surface area contributed by atoms with Gasteiger partial charge in [-0.25, -0.2) is 4.67 Å². The van der Waals surface area contributed by atoms with Crippen LogP contribution in [0, 0.1) is 0 Å². The first-order chi connectivity index (χ1) is 16.7. The van der Waals surface area contributed by atoms with Gasteiger partial charge in [-0.2, -0.15) is 0 Å². The van der Waals surface area contributed by atoms with Gasteiger partial charge in [0.05, 0.1) is 14.2 Å². The molecule has 6 nitrogen and oxygen atoms in total. The summed E-state index contributed by atoms with van der Waals surface area (Å²) in [5.41, 5.74) is 3.54. The number of methoxy groups -OCH3 is 2. The maximum Gasteiger partial charge on any atom is 0.309 e. The highest BCUT2D eigenvalue weighted by molar-refractivity contribution is 7.38. The first-order valence-electron chi connectivity index (χ1n) is 12.7. The molecule has 0 bridgehead atoms. The predicted molar refractivity (Wildman–Crippen MR) is 154 cm³/mol. The van der Waals surface area contributed by atoms with Crippen LogP contribution < -0.4 is 19.5 Å². The maximum absolute atomic E-state index is 6.89. The molecule has 0 radical (unpaired) electrons. The summed E-state index contributed by atoms with van der Waals surface area (Å²) < 4.78 is 27.5. The van der Waals surface area contributed by atoms with E-state index in [4.69, 9.17) is 17.9 Å². The fourth-order valence-corrected chi connectivity index (χ4v) is 5.81. The molecular formula is C29H45N2O4P. The van der Waals surface area contributed by atoms with E-state index in [0.717, 1.165) is 51.0 Å². The van der Waals surface area contributed by atoms with E-state index < -0.39 is 8.16 Å². The van der Waals surface area contributed by atoms with Crippen LogP contribution in [0.4, 0.5) is 0 Å². The van der Waals surface area contributed by atoms with Gasteiger partial charge in [-0.3, -0.25) is 0 Å². The lowest BCUT2D eigenvalue weighted by atomic mass is 9.84. The van der Waals surface area contributed by atoms with E-state index in [1.54, 1.807) is 14.2 Å². The molecule has 200 valence electrons. The summed E-state index contributed by atoms with van der Waals surface area (Å²) >= 11 is 0. The van der Waals surface area contributed by atoms with E-state index in [9.17, 15) is 0 Å². The molecule has 1 heterocycles. The van der Waals surface area contributed by atoms with Crippen molar-refractivity contribution in [2.45, 2.75) is 84.7 Å². The second-order valence-electron chi connectivity index (χ2n) is 11.9. The SMILES string of the molecule is CN[C@@H](C)C[C@@H](C)N(C)p1oc2c(C(C)(C)C)cc(OC)cc2c2cc(OC)cc(C(C)(C)C)c2o1. The van der Waals surface area contributed by atoms with Gasteiger partial charge in [0, 0.05) is 41.0 Å². The summed E-state index contributed by atoms with van der Waals surface area (Å²) in [5, 5.41) is 5.28. The number of nitrogens with one attached hydrogen (secondary N) is 1. The lowest BCUT2D eigenvalue weighted by molar-refractivity contribution is 0.413. The van der Waals surface area contributed by atoms with Crippen molar-refractivity contribution in [1.82, 2.24) is 5.32 Å². The quantitative estimate of drug-likeness (QED) is 0.345. The Morgan fingerprint density at radius 1 is 0.833 bits per heavy atom. The van der Waals surface area contributed by atoms with Gasteiger partial charge in [0.25, 0.3) is 0 Å². The number of hydrogen-bond acceptors (Lipinski definition) is 6. The molecule has 36 heavy (non-hydrogen) atoms. The molecule has 0 aliphatic carbocycles. The Kier molecular flexibility index (Phi) is 8.44. The second kappa shape index (κ2) is 10.7. The van der Waals surface area contributed by atoms with Crippen LogP contribution in [0.5, 0.6) is 11.5 Å². The van der Waals surface area contributed by atoms with Crippen molar-refractivity contribution in [1.29, 1.82) is 0 Å². The van der Waals surface area contributed by atoms with E-state index in [0.29, 0.717) is 6.04 Å². The van der Waals surface area contributed by atoms with Crippen LogP contribution in [-0.4, -0.2) is 40.4 Å². The Morgan fingerprint density at radius 3 is 1.58 bits per heavy atom. The zero-order chi connectivity index (χ0) is 27.0. The lowest BCUT2D eigenvalue weighted by Crippen LogP contribution is -2.33. The largest absolute Gasteiger partial charge is 0.497 e. The molecule has 0 saturated heterocycles. The number of ether oxygens (including phenoxy) is 2. The molecule has 3 aromatic rings. The third-order valence-electron chi connectivity index (χ3n) is 6.92. The highest BCUT2D eigenvalue weighted by Crippen LogP contribution is 2.45. The highest BCUT2D eigenvalue weighted by Gasteiger charge is 2.27. The summed E-state index contributed by atoms with van der Waals surface area (Å²) in [5.74, 6) is 1.59. The number of rotatable bonds is 7. The molecule has 0 unspecified atom stereocenters. The Hall–Kier alpha value is -2.14. The summed E-state index contributed by atoms with van der Waals surface area (Å²) in [4.78, 5) is 0. The van der Waals surface area contributed by atoms with Gasteiger partial charge in [0.1, 0.15) is 22.7 Å². The first kappa shape index (κ1) is 28.4. The number of nitrogens with zero attached hydrogens (tertiary/aromatic N) is 1. The van der Waals surface area contributed by atoms with Crippen LogP contribution in [-0.2, 0) is 10.8 Å². The van der Waals surface area contributed by atoms with Crippen LogP contribution in [0.3, 0.4) is 0 Å². The molecular weight excluding hydrogens is 471 g/mol. The van der Waals surface area contributed by atoms with Crippen LogP contribution in [0.15, 0.2) is 32.7 Å². The Labute approximate surface area is 217 Å². The maximum atomic E-state index is 6.89. The first-order valence-corrected chi connectivity index (χ1v) is 13.9. The highest BCUT2D eigenvalue weighted by atomic mass is 31.1. The average molecular weight is 517 g/mol. The second-order valence-corrected chi connectivity index (χ2v) is 13.3. The molecule has 2 atom stereocenters. The molecule has 1 N–H and O–H groups in total. The van der Waals surface area contributed by atoms with E-state index in [1.165, 1.54) is 0 Å². The van der Waals surface area contributed by atoms with Crippen molar-refractivity contribution in [2.75, 3.05) is 33.0 Å². The molecule has 0 aliphatic heterocycles. The third kappa shape index (κ3) is 5.88. The van der Waals surface area contributed by atoms with Crippen LogP contribution in [0.1, 0.15) is 72.9 Å². The molecule has 3 rings (SSSR count). The van der Waals surface area contributed by atoms with Gasteiger partial charge < -0.3 is 23.2 Å². The average Bonchev–Trinajstić information content (AvgIpc) is 2.97. The van der Waals surface area contributed by atoms with E-state index in [-0.39, 0.29) is 16.9 Å². The van der Waals surface area contributed by atoms with Crippen LogP contribution in [0.25, 0.3) is 21.9 Å². The Balaban J connectivity index is 2.56. The molecule has 0 aliphatic rings. The molecule has 1 aromatic heterocycles. The fraction of sp³-hybridized carbons (Fsp3) is 0.586. The van der Waals surface area contributed by atoms with E-state index in [2.05, 4.69) is 96.7 Å². The molecule has 0 amide bonds. The van der Waals surface area contributed by atoms with E-state index >= 15 is 0 Å². The normalized spacial score (nSPS) is 14.4. The van der Waals surface area contributed by atoms with Gasteiger partial charge in [0.2, 0.25) is 0 Å². The van der Waals surface area contributed by atoms with Crippen molar-refractivity contribution in [3.8, 4) is 11.5 Å². The fourth-order valence-electron chi connectivity index (χ4n) is 4.40. The number of hydrogen-bond donors (Lipinski definition) is 1. The predicted octanol–water partition coefficient (Wildman–Crippen LogP) is 7.86. The topological polar surface area (TPSA) is 60.0 Å². The van der Waals surface area contributed by atoms with Crippen molar-refractivity contribution in [3.05, 3.63) is 35.4 Å². The summed E-state index contributed by atoms with van der Waals surface area (Å²) in [6, 6.07) is 8.93. The number of benzene rings is 2. The van der Waals surface area contributed by atoms with Gasteiger partial charge >= 0.3 is 8.16 Å². The molecule has 0 spiro atoms. The van der Waals surface area contributed by atoms with Gasteiger partial charge in [-0.05, 0) is 62.4 Å².